The van der Waals surface area contributed by atoms with E-state index in [4.69, 9.17) is 4.74 Å². The van der Waals surface area contributed by atoms with Crippen molar-refractivity contribution in [3.8, 4) is 33.9 Å². The number of piperidine rings is 1. The van der Waals surface area contributed by atoms with Crippen LogP contribution in [0.2, 0.25) is 0 Å². The topological polar surface area (TPSA) is 65.4 Å². The minimum atomic E-state index is -0.0573. The van der Waals surface area contributed by atoms with E-state index < -0.39 is 0 Å². The van der Waals surface area contributed by atoms with Gasteiger partial charge in [-0.1, -0.05) is 43.0 Å². The standard InChI is InChI=1S/C23H27N3O2/c1-17-9-11-26(12-10-17)13-14-28-19-7-8-20(22(27)15-19)23-21(16-24-25-23)18-5-3-2-4-6-18/h2-8,15-17,27H,9-14H2,1H3,(H,24,25). The lowest BCUT2D eigenvalue weighted by Crippen LogP contribution is -3.13. The van der Waals surface area contributed by atoms with Gasteiger partial charge >= 0.3 is 0 Å². The van der Waals surface area contributed by atoms with Gasteiger partial charge in [0.15, 0.2) is 0 Å². The highest BCUT2D eigenvalue weighted by molar-refractivity contribution is 5.83. The zero-order valence-electron chi connectivity index (χ0n) is 16.3. The zero-order valence-corrected chi connectivity index (χ0v) is 16.3. The van der Waals surface area contributed by atoms with Gasteiger partial charge in [0.05, 0.1) is 25.0 Å². The van der Waals surface area contributed by atoms with Crippen molar-refractivity contribution in [2.45, 2.75) is 19.8 Å². The highest BCUT2D eigenvalue weighted by Gasteiger charge is 2.18. The SMILES string of the molecule is CC1CC[NH+](CCOc2ccc(-c3[nH]ncc3-c3ccccc3)c([O-])c2)CC1. The third kappa shape index (κ3) is 4.20. The van der Waals surface area contributed by atoms with Crippen molar-refractivity contribution in [1.29, 1.82) is 0 Å². The number of hydrogen-bond acceptors (Lipinski definition) is 3. The van der Waals surface area contributed by atoms with Gasteiger partial charge in [-0.15, -0.1) is 0 Å². The Morgan fingerprint density at radius 3 is 2.64 bits per heavy atom. The summed E-state index contributed by atoms with van der Waals surface area (Å²) in [5, 5.41) is 19.8. The first-order chi connectivity index (χ1) is 13.7. The fourth-order valence-electron chi connectivity index (χ4n) is 3.86. The Kier molecular flexibility index (Phi) is 5.63. The van der Waals surface area contributed by atoms with Crippen LogP contribution in [-0.4, -0.2) is 36.4 Å². The van der Waals surface area contributed by atoms with Crippen LogP contribution in [0.15, 0.2) is 54.7 Å². The molecule has 1 aliphatic rings. The summed E-state index contributed by atoms with van der Waals surface area (Å²) in [6.07, 6.45) is 4.35. The van der Waals surface area contributed by atoms with Gasteiger partial charge in [0.1, 0.15) is 18.9 Å². The number of H-pyrrole nitrogens is 1. The third-order valence-electron chi connectivity index (χ3n) is 5.65. The molecule has 2 heterocycles. The van der Waals surface area contributed by atoms with Crippen LogP contribution < -0.4 is 14.7 Å². The molecule has 0 aliphatic carbocycles. The van der Waals surface area contributed by atoms with Gasteiger partial charge in [0.25, 0.3) is 0 Å². The van der Waals surface area contributed by atoms with Crippen LogP contribution in [0, 0.1) is 5.92 Å². The van der Waals surface area contributed by atoms with Crippen LogP contribution in [0.3, 0.4) is 0 Å². The molecule has 0 radical (unpaired) electrons. The molecule has 2 N–H and O–H groups in total. The highest BCUT2D eigenvalue weighted by atomic mass is 16.5. The smallest absolute Gasteiger partial charge is 0.137 e. The van der Waals surface area contributed by atoms with Gasteiger partial charge in [-0.25, -0.2) is 0 Å². The fourth-order valence-corrected chi connectivity index (χ4v) is 3.86. The quantitative estimate of drug-likeness (QED) is 0.694. The maximum absolute atomic E-state index is 12.7. The molecular formula is C23H27N3O2. The number of nitrogens with one attached hydrogen (secondary N) is 2. The number of aromatic nitrogens is 2. The average Bonchev–Trinajstić information content (AvgIpc) is 3.20. The lowest BCUT2D eigenvalue weighted by atomic mass is 9.99. The van der Waals surface area contributed by atoms with Crippen molar-refractivity contribution in [3.63, 3.8) is 0 Å². The molecule has 28 heavy (non-hydrogen) atoms. The molecule has 4 rings (SSSR count). The van der Waals surface area contributed by atoms with Crippen LogP contribution >= 0.6 is 0 Å². The van der Waals surface area contributed by atoms with E-state index in [2.05, 4.69) is 17.1 Å². The minimum Gasteiger partial charge on any atom is -0.872 e. The molecule has 0 saturated carbocycles. The Hall–Kier alpha value is -2.79. The largest absolute Gasteiger partial charge is 0.872 e. The molecule has 0 spiro atoms. The van der Waals surface area contributed by atoms with Crippen molar-refractivity contribution < 1.29 is 14.7 Å². The number of aromatic amines is 1. The zero-order chi connectivity index (χ0) is 19.3. The summed E-state index contributed by atoms with van der Waals surface area (Å²) in [5.74, 6) is 1.43. The third-order valence-corrected chi connectivity index (χ3v) is 5.65. The second-order valence-electron chi connectivity index (χ2n) is 7.71. The Labute approximate surface area is 166 Å². The molecule has 5 nitrogen and oxygen atoms in total. The predicted molar refractivity (Wildman–Crippen MR) is 108 cm³/mol. The monoisotopic (exact) mass is 377 g/mol. The molecule has 5 heteroatoms. The molecule has 1 aromatic heterocycles. The van der Waals surface area contributed by atoms with E-state index in [-0.39, 0.29) is 5.75 Å². The molecule has 2 aromatic carbocycles. The van der Waals surface area contributed by atoms with Crippen molar-refractivity contribution in [3.05, 3.63) is 54.7 Å². The van der Waals surface area contributed by atoms with Crippen LogP contribution in [-0.2, 0) is 0 Å². The molecule has 3 aromatic rings. The molecule has 0 atom stereocenters. The van der Waals surface area contributed by atoms with E-state index in [1.165, 1.54) is 25.9 Å². The fraction of sp³-hybridized carbons (Fsp3) is 0.348. The normalized spacial score (nSPS) is 19.5. The Bertz CT molecular complexity index is 899. The summed E-state index contributed by atoms with van der Waals surface area (Å²) in [6.45, 7) is 6.40. The molecule has 1 aliphatic heterocycles. The number of hydrogen-bond donors (Lipinski definition) is 2. The van der Waals surface area contributed by atoms with E-state index in [0.717, 1.165) is 29.3 Å². The van der Waals surface area contributed by atoms with Crippen LogP contribution in [0.5, 0.6) is 11.5 Å². The van der Waals surface area contributed by atoms with Gasteiger partial charge in [0, 0.05) is 5.56 Å². The first-order valence-corrected chi connectivity index (χ1v) is 10.1. The summed E-state index contributed by atoms with van der Waals surface area (Å²) in [7, 11) is 0. The van der Waals surface area contributed by atoms with Crippen molar-refractivity contribution in [2.75, 3.05) is 26.2 Å². The first-order valence-electron chi connectivity index (χ1n) is 10.1. The summed E-state index contributed by atoms with van der Waals surface area (Å²) >= 11 is 0. The van der Waals surface area contributed by atoms with Crippen LogP contribution in [0.1, 0.15) is 19.8 Å². The van der Waals surface area contributed by atoms with Crippen molar-refractivity contribution in [2.24, 2.45) is 5.92 Å². The van der Waals surface area contributed by atoms with Crippen LogP contribution in [0.4, 0.5) is 0 Å². The summed E-state index contributed by atoms with van der Waals surface area (Å²) < 4.78 is 5.86. The molecule has 0 unspecified atom stereocenters. The van der Waals surface area contributed by atoms with Gasteiger partial charge in [0.2, 0.25) is 0 Å². The molecule has 1 fully saturated rings. The lowest BCUT2D eigenvalue weighted by molar-refractivity contribution is -0.906. The summed E-state index contributed by atoms with van der Waals surface area (Å²) in [6, 6.07) is 15.2. The first kappa shape index (κ1) is 18.6. The predicted octanol–water partition coefficient (Wildman–Crippen LogP) is 2.51. The van der Waals surface area contributed by atoms with E-state index >= 15 is 0 Å². The van der Waals surface area contributed by atoms with Gasteiger partial charge in [-0.2, -0.15) is 5.10 Å². The van der Waals surface area contributed by atoms with E-state index in [0.29, 0.717) is 17.9 Å². The number of rotatable bonds is 6. The second kappa shape index (κ2) is 8.48. The van der Waals surface area contributed by atoms with E-state index in [1.54, 1.807) is 17.2 Å². The Balaban J connectivity index is 1.42. The Morgan fingerprint density at radius 1 is 1.11 bits per heavy atom. The minimum absolute atomic E-state index is 0.0573. The lowest BCUT2D eigenvalue weighted by Gasteiger charge is -2.27. The van der Waals surface area contributed by atoms with Gasteiger partial charge < -0.3 is 14.7 Å². The van der Waals surface area contributed by atoms with Crippen LogP contribution in [0.25, 0.3) is 22.4 Å². The number of quaternary nitrogens is 1. The van der Waals surface area contributed by atoms with E-state index in [1.807, 2.05) is 42.5 Å². The highest BCUT2D eigenvalue weighted by Crippen LogP contribution is 2.35. The summed E-state index contributed by atoms with van der Waals surface area (Å²) in [4.78, 5) is 1.60. The van der Waals surface area contributed by atoms with Crippen molar-refractivity contribution in [1.82, 2.24) is 10.2 Å². The molecular weight excluding hydrogens is 350 g/mol. The maximum Gasteiger partial charge on any atom is 0.137 e. The molecule has 0 amide bonds. The van der Waals surface area contributed by atoms with Crippen molar-refractivity contribution >= 4 is 0 Å². The number of likely N-dealkylation sites (tertiary alicyclic amines) is 1. The number of benzene rings is 2. The maximum atomic E-state index is 12.7. The second-order valence-corrected chi connectivity index (χ2v) is 7.71. The Morgan fingerprint density at radius 2 is 1.89 bits per heavy atom. The number of nitrogens with zero attached hydrogens (tertiary/aromatic N) is 1. The van der Waals surface area contributed by atoms with E-state index in [9.17, 15) is 5.11 Å². The number of ether oxygens (including phenoxy) is 1. The summed E-state index contributed by atoms with van der Waals surface area (Å²) in [5.41, 5.74) is 3.31. The molecule has 146 valence electrons. The van der Waals surface area contributed by atoms with Gasteiger partial charge in [-0.3, -0.25) is 5.10 Å². The average molecular weight is 377 g/mol. The molecule has 0 bridgehead atoms. The van der Waals surface area contributed by atoms with Gasteiger partial charge in [-0.05, 0) is 48.1 Å². The molecule has 1 saturated heterocycles.